The molecule has 3 N–H and O–H groups in total. The highest BCUT2D eigenvalue weighted by molar-refractivity contribution is 5.77. The van der Waals surface area contributed by atoms with Gasteiger partial charge in [0.25, 0.3) is 0 Å². The van der Waals surface area contributed by atoms with Gasteiger partial charge in [0.1, 0.15) is 17.4 Å². The van der Waals surface area contributed by atoms with Gasteiger partial charge in [-0.15, -0.1) is 0 Å². The maximum absolute atomic E-state index is 11.8. The molecule has 4 heteroatoms. The highest BCUT2D eigenvalue weighted by Crippen LogP contribution is 2.22. The molecule has 1 aromatic carbocycles. The molecule has 1 rings (SSSR count). The number of nitrogens with two attached hydrogens (primary N) is 1. The maximum Gasteiger partial charge on any atom is 0.324 e. The third-order valence-corrected chi connectivity index (χ3v) is 2.64. The zero-order chi connectivity index (χ0) is 13.9. The number of hydrogen-bond acceptors (Lipinski definition) is 4. The van der Waals surface area contributed by atoms with E-state index < -0.39 is 17.6 Å². The molecule has 0 bridgehead atoms. The molecular formula is C14H21NO3. The Morgan fingerprint density at radius 1 is 1.28 bits per heavy atom. The number of hydrogen-bond donors (Lipinski definition) is 2. The molecular weight excluding hydrogens is 230 g/mol. The smallest absolute Gasteiger partial charge is 0.324 e. The van der Waals surface area contributed by atoms with E-state index in [1.54, 1.807) is 24.3 Å². The highest BCUT2D eigenvalue weighted by Gasteiger charge is 2.27. The van der Waals surface area contributed by atoms with Gasteiger partial charge in [-0.05, 0) is 38.5 Å². The summed E-state index contributed by atoms with van der Waals surface area (Å²) < 4.78 is 5.25. The summed E-state index contributed by atoms with van der Waals surface area (Å²) in [6, 6.07) is 5.95. The van der Waals surface area contributed by atoms with E-state index in [4.69, 9.17) is 10.5 Å². The Labute approximate surface area is 108 Å². The fourth-order valence-corrected chi connectivity index (χ4v) is 1.56. The third-order valence-electron chi connectivity index (χ3n) is 2.64. The van der Waals surface area contributed by atoms with Crippen molar-refractivity contribution in [2.45, 2.75) is 45.3 Å². The average molecular weight is 251 g/mol. The van der Waals surface area contributed by atoms with E-state index in [9.17, 15) is 9.90 Å². The van der Waals surface area contributed by atoms with Crippen molar-refractivity contribution in [1.82, 2.24) is 0 Å². The van der Waals surface area contributed by atoms with Crippen LogP contribution in [0, 0.1) is 0 Å². The lowest BCUT2D eigenvalue weighted by Gasteiger charge is -2.25. The number of carbonyl (C=O) groups excluding carboxylic acids is 1. The second kappa shape index (κ2) is 5.40. The van der Waals surface area contributed by atoms with Crippen molar-refractivity contribution in [2.24, 2.45) is 5.73 Å². The molecule has 2 atom stereocenters. The lowest BCUT2D eigenvalue weighted by atomic mass is 9.94. The first-order chi connectivity index (χ1) is 8.20. The van der Waals surface area contributed by atoms with Crippen LogP contribution in [0.2, 0.25) is 0 Å². The van der Waals surface area contributed by atoms with Crippen molar-refractivity contribution in [3.05, 3.63) is 29.8 Å². The minimum absolute atomic E-state index is 0.166. The molecule has 1 aromatic rings. The summed E-state index contributed by atoms with van der Waals surface area (Å²) >= 11 is 0. The monoisotopic (exact) mass is 251 g/mol. The van der Waals surface area contributed by atoms with Gasteiger partial charge in [0, 0.05) is 5.92 Å². The Kier molecular flexibility index (Phi) is 4.35. The SMILES string of the molecule is CC(c1ccc(O)cc1)C(N)C(=O)OC(C)(C)C. The molecule has 0 heterocycles. The van der Waals surface area contributed by atoms with Crippen molar-refractivity contribution >= 4 is 5.97 Å². The summed E-state index contributed by atoms with van der Waals surface area (Å²) in [6.45, 7) is 7.29. The molecule has 0 aliphatic heterocycles. The Hall–Kier alpha value is -1.55. The van der Waals surface area contributed by atoms with Gasteiger partial charge in [-0.3, -0.25) is 4.79 Å². The van der Waals surface area contributed by atoms with Crippen LogP contribution in [0.3, 0.4) is 0 Å². The molecule has 0 saturated carbocycles. The van der Waals surface area contributed by atoms with Crippen molar-refractivity contribution in [1.29, 1.82) is 0 Å². The molecule has 0 saturated heterocycles. The lowest BCUT2D eigenvalue weighted by molar-refractivity contribution is -0.156. The number of esters is 1. The molecule has 0 radical (unpaired) electrons. The number of carbonyl (C=O) groups is 1. The summed E-state index contributed by atoms with van der Waals surface area (Å²) in [4.78, 5) is 11.8. The average Bonchev–Trinajstić information content (AvgIpc) is 2.26. The van der Waals surface area contributed by atoms with Crippen molar-refractivity contribution in [3.63, 3.8) is 0 Å². The molecule has 2 unspecified atom stereocenters. The van der Waals surface area contributed by atoms with E-state index in [0.29, 0.717) is 0 Å². The quantitative estimate of drug-likeness (QED) is 0.807. The predicted molar refractivity (Wildman–Crippen MR) is 70.3 cm³/mol. The minimum atomic E-state index is -0.714. The fourth-order valence-electron chi connectivity index (χ4n) is 1.56. The van der Waals surface area contributed by atoms with E-state index in [-0.39, 0.29) is 11.7 Å². The standard InChI is InChI=1S/C14H21NO3/c1-9(10-5-7-11(16)8-6-10)12(15)13(17)18-14(2,3)4/h5-9,12,16H,15H2,1-4H3. The molecule has 0 aliphatic carbocycles. The Bertz CT molecular complexity index is 406. The minimum Gasteiger partial charge on any atom is -0.508 e. The topological polar surface area (TPSA) is 72.5 Å². The highest BCUT2D eigenvalue weighted by atomic mass is 16.6. The van der Waals surface area contributed by atoms with E-state index in [1.165, 1.54) is 0 Å². The molecule has 0 fully saturated rings. The van der Waals surface area contributed by atoms with E-state index in [0.717, 1.165) is 5.56 Å². The molecule has 0 amide bonds. The summed E-state index contributed by atoms with van der Waals surface area (Å²) in [5.41, 5.74) is 6.26. The van der Waals surface area contributed by atoms with Gasteiger partial charge in [-0.25, -0.2) is 0 Å². The van der Waals surface area contributed by atoms with Crippen LogP contribution >= 0.6 is 0 Å². The van der Waals surface area contributed by atoms with Crippen molar-refractivity contribution < 1.29 is 14.6 Å². The summed E-state index contributed by atoms with van der Waals surface area (Å²) in [5, 5.41) is 9.22. The van der Waals surface area contributed by atoms with Crippen LogP contribution in [0.4, 0.5) is 0 Å². The van der Waals surface area contributed by atoms with Crippen LogP contribution in [0.1, 0.15) is 39.2 Å². The first-order valence-electron chi connectivity index (χ1n) is 5.98. The first-order valence-corrected chi connectivity index (χ1v) is 5.98. The Balaban J connectivity index is 2.74. The van der Waals surface area contributed by atoms with Crippen LogP contribution in [-0.4, -0.2) is 22.7 Å². The maximum atomic E-state index is 11.8. The molecule has 0 spiro atoms. The molecule has 0 aromatic heterocycles. The number of ether oxygens (including phenoxy) is 1. The zero-order valence-corrected chi connectivity index (χ0v) is 11.3. The number of rotatable bonds is 3. The van der Waals surface area contributed by atoms with Gasteiger partial charge in [0.15, 0.2) is 0 Å². The second-order valence-electron chi connectivity index (χ2n) is 5.44. The lowest BCUT2D eigenvalue weighted by Crippen LogP contribution is -2.40. The largest absolute Gasteiger partial charge is 0.508 e. The normalized spacial score (nSPS) is 14.9. The van der Waals surface area contributed by atoms with Crippen molar-refractivity contribution in [3.8, 4) is 5.75 Å². The van der Waals surface area contributed by atoms with E-state index in [1.807, 2.05) is 27.7 Å². The molecule has 100 valence electrons. The fraction of sp³-hybridized carbons (Fsp3) is 0.500. The van der Waals surface area contributed by atoms with Gasteiger partial charge in [0.2, 0.25) is 0 Å². The number of phenolic OH excluding ortho intramolecular Hbond substituents is 1. The van der Waals surface area contributed by atoms with Gasteiger partial charge < -0.3 is 15.6 Å². The van der Waals surface area contributed by atoms with Crippen molar-refractivity contribution in [2.75, 3.05) is 0 Å². The third kappa shape index (κ3) is 4.04. The van der Waals surface area contributed by atoms with E-state index >= 15 is 0 Å². The van der Waals surface area contributed by atoms with Gasteiger partial charge in [0.05, 0.1) is 0 Å². The van der Waals surface area contributed by atoms with Crippen LogP contribution in [0.5, 0.6) is 5.75 Å². The first kappa shape index (κ1) is 14.5. The van der Waals surface area contributed by atoms with Crippen LogP contribution in [-0.2, 0) is 9.53 Å². The number of benzene rings is 1. The Morgan fingerprint density at radius 2 is 1.78 bits per heavy atom. The van der Waals surface area contributed by atoms with Gasteiger partial charge in [-0.2, -0.15) is 0 Å². The predicted octanol–water partition coefficient (Wildman–Crippen LogP) is 2.16. The van der Waals surface area contributed by atoms with Crippen LogP contribution in [0.15, 0.2) is 24.3 Å². The van der Waals surface area contributed by atoms with Gasteiger partial charge >= 0.3 is 5.97 Å². The Morgan fingerprint density at radius 3 is 2.22 bits per heavy atom. The number of phenols is 1. The van der Waals surface area contributed by atoms with Crippen LogP contribution in [0.25, 0.3) is 0 Å². The number of aromatic hydroxyl groups is 1. The second-order valence-corrected chi connectivity index (χ2v) is 5.44. The molecule has 4 nitrogen and oxygen atoms in total. The molecule has 0 aliphatic rings. The summed E-state index contributed by atoms with van der Waals surface area (Å²) in [7, 11) is 0. The van der Waals surface area contributed by atoms with Gasteiger partial charge in [-0.1, -0.05) is 19.1 Å². The van der Waals surface area contributed by atoms with E-state index in [2.05, 4.69) is 0 Å². The summed E-state index contributed by atoms with van der Waals surface area (Å²) in [5.74, 6) is -0.389. The zero-order valence-electron chi connectivity index (χ0n) is 11.3. The summed E-state index contributed by atoms with van der Waals surface area (Å²) in [6.07, 6.45) is 0. The molecule has 18 heavy (non-hydrogen) atoms. The van der Waals surface area contributed by atoms with Crippen LogP contribution < -0.4 is 5.73 Å².